The lowest BCUT2D eigenvalue weighted by Crippen LogP contribution is -2.44. The highest BCUT2D eigenvalue weighted by molar-refractivity contribution is 6.04. The Morgan fingerprint density at radius 1 is 1.15 bits per heavy atom. The normalized spacial score (nSPS) is 16.5. The molecule has 1 aliphatic heterocycles. The van der Waals surface area contributed by atoms with Crippen LogP contribution in [0.5, 0.6) is 5.75 Å². The number of carbonyl (C=O) groups excluding carboxylic acids is 2. The number of hydrogen-bond acceptors (Lipinski definition) is 5. The van der Waals surface area contributed by atoms with Crippen molar-refractivity contribution in [1.82, 2.24) is 9.80 Å². The molecule has 6 nitrogen and oxygen atoms in total. The number of benzene rings is 2. The maximum atomic E-state index is 12.7. The summed E-state index contributed by atoms with van der Waals surface area (Å²) in [5, 5.41) is 0. The Balaban J connectivity index is 1.59. The van der Waals surface area contributed by atoms with Gasteiger partial charge in [0.15, 0.2) is 0 Å². The van der Waals surface area contributed by atoms with E-state index < -0.39 is 6.09 Å². The Labute approximate surface area is 159 Å². The highest BCUT2D eigenvalue weighted by Crippen LogP contribution is 2.19. The molecule has 0 bridgehead atoms. The maximum absolute atomic E-state index is 12.7. The molecule has 1 saturated heterocycles. The number of ether oxygens (including phenoxy) is 2. The van der Waals surface area contributed by atoms with Crippen LogP contribution < -0.4 is 4.74 Å². The number of carbonyl (C=O) groups is 2. The highest BCUT2D eigenvalue weighted by Gasteiger charge is 2.38. The largest absolute Gasteiger partial charge is 0.493 e. The molecule has 3 rings (SSSR count). The Morgan fingerprint density at radius 3 is 2.52 bits per heavy atom. The average Bonchev–Trinajstić information content (AvgIpc) is 3.02. The van der Waals surface area contributed by atoms with E-state index in [1.807, 2.05) is 37.2 Å². The van der Waals surface area contributed by atoms with Crippen molar-refractivity contribution >= 4 is 12.0 Å². The zero-order valence-corrected chi connectivity index (χ0v) is 15.6. The highest BCUT2D eigenvalue weighted by atomic mass is 16.6. The summed E-state index contributed by atoms with van der Waals surface area (Å²) in [7, 11) is 3.79. The van der Waals surface area contributed by atoms with Gasteiger partial charge in [0.25, 0.3) is 5.91 Å². The molecule has 2 aromatic rings. The second kappa shape index (κ2) is 8.68. The molecule has 0 radical (unpaired) electrons. The minimum absolute atomic E-state index is 0.226. The number of rotatable bonds is 7. The molecule has 0 aliphatic carbocycles. The van der Waals surface area contributed by atoms with Crippen LogP contribution in [0, 0.1) is 0 Å². The lowest BCUT2D eigenvalue weighted by atomic mass is 10.1. The molecule has 0 aromatic heterocycles. The molecule has 0 spiro atoms. The van der Waals surface area contributed by atoms with Gasteiger partial charge in [-0.25, -0.2) is 9.69 Å². The van der Waals surface area contributed by atoms with Gasteiger partial charge in [0.1, 0.15) is 12.4 Å². The topological polar surface area (TPSA) is 59.1 Å². The number of nitrogens with zero attached hydrogens (tertiary/aromatic N) is 2. The van der Waals surface area contributed by atoms with Crippen LogP contribution in [-0.4, -0.2) is 61.7 Å². The fraction of sp³-hybridized carbons (Fsp3) is 0.333. The van der Waals surface area contributed by atoms with Crippen molar-refractivity contribution in [2.24, 2.45) is 0 Å². The summed E-state index contributed by atoms with van der Waals surface area (Å²) in [6.45, 7) is 1.35. The summed E-state index contributed by atoms with van der Waals surface area (Å²) < 4.78 is 10.8. The van der Waals surface area contributed by atoms with E-state index in [2.05, 4.69) is 12.1 Å². The molecule has 1 atom stereocenters. The third kappa shape index (κ3) is 4.86. The Morgan fingerprint density at radius 2 is 1.85 bits per heavy atom. The second-order valence-electron chi connectivity index (χ2n) is 6.78. The quantitative estimate of drug-likeness (QED) is 0.752. The van der Waals surface area contributed by atoms with Crippen LogP contribution in [0.3, 0.4) is 0 Å². The molecule has 2 amide bonds. The van der Waals surface area contributed by atoms with E-state index in [1.165, 1.54) is 10.5 Å². The molecule has 1 aliphatic rings. The molecule has 1 fully saturated rings. The summed E-state index contributed by atoms with van der Waals surface area (Å²) in [4.78, 5) is 27.8. The minimum atomic E-state index is -0.588. The molecule has 0 N–H and O–H groups in total. The van der Waals surface area contributed by atoms with Gasteiger partial charge in [0.2, 0.25) is 0 Å². The molecular formula is C21H24N2O4. The van der Waals surface area contributed by atoms with Gasteiger partial charge in [-0.05, 0) is 43.9 Å². The van der Waals surface area contributed by atoms with Crippen molar-refractivity contribution in [2.75, 3.05) is 33.9 Å². The fourth-order valence-electron chi connectivity index (χ4n) is 3.03. The molecule has 27 heavy (non-hydrogen) atoms. The monoisotopic (exact) mass is 368 g/mol. The first-order valence-electron chi connectivity index (χ1n) is 8.96. The van der Waals surface area contributed by atoms with Crippen LogP contribution in [0.25, 0.3) is 0 Å². The van der Waals surface area contributed by atoms with Crippen molar-refractivity contribution in [3.05, 3.63) is 65.7 Å². The number of amides is 2. The smallest absolute Gasteiger partial charge is 0.417 e. The van der Waals surface area contributed by atoms with Crippen molar-refractivity contribution in [3.63, 3.8) is 0 Å². The molecule has 0 saturated carbocycles. The van der Waals surface area contributed by atoms with Gasteiger partial charge >= 0.3 is 6.09 Å². The van der Waals surface area contributed by atoms with E-state index in [0.717, 1.165) is 6.42 Å². The van der Waals surface area contributed by atoms with Gasteiger partial charge in [-0.1, -0.05) is 30.3 Å². The molecule has 142 valence electrons. The van der Waals surface area contributed by atoms with Gasteiger partial charge in [-0.2, -0.15) is 0 Å². The zero-order chi connectivity index (χ0) is 19.2. The summed E-state index contributed by atoms with van der Waals surface area (Å²) in [5.41, 5.74) is 1.65. The number of likely N-dealkylation sites (N-methyl/N-ethyl adjacent to an activating group) is 1. The van der Waals surface area contributed by atoms with Gasteiger partial charge in [0.05, 0.1) is 12.6 Å². The van der Waals surface area contributed by atoms with Gasteiger partial charge in [0, 0.05) is 18.5 Å². The van der Waals surface area contributed by atoms with E-state index in [0.29, 0.717) is 24.5 Å². The first kappa shape index (κ1) is 18.9. The lowest BCUT2D eigenvalue weighted by molar-refractivity contribution is 0.0761. The maximum Gasteiger partial charge on any atom is 0.417 e. The molecule has 6 heteroatoms. The van der Waals surface area contributed by atoms with E-state index in [9.17, 15) is 9.59 Å². The lowest BCUT2D eigenvalue weighted by Gasteiger charge is -2.22. The summed E-state index contributed by atoms with van der Waals surface area (Å²) >= 11 is 0. The van der Waals surface area contributed by atoms with Gasteiger partial charge in [-0.15, -0.1) is 0 Å². The number of cyclic esters (lactones) is 1. The van der Waals surface area contributed by atoms with Crippen LogP contribution in [0.4, 0.5) is 4.79 Å². The van der Waals surface area contributed by atoms with Crippen molar-refractivity contribution in [3.8, 4) is 5.75 Å². The SMILES string of the molecule is CN(C)C[C@@H]1COC(=O)N1C(=O)c1ccc(OCCc2ccccc2)cc1. The Hall–Kier alpha value is -2.86. The van der Waals surface area contributed by atoms with Crippen molar-refractivity contribution < 1.29 is 19.1 Å². The first-order valence-corrected chi connectivity index (χ1v) is 8.96. The predicted molar refractivity (Wildman–Crippen MR) is 102 cm³/mol. The van der Waals surface area contributed by atoms with Gasteiger partial charge < -0.3 is 14.4 Å². The van der Waals surface area contributed by atoms with Crippen LogP contribution in [-0.2, 0) is 11.2 Å². The number of hydrogen-bond donors (Lipinski definition) is 0. The Bertz CT molecular complexity index is 775. The van der Waals surface area contributed by atoms with Crippen LogP contribution in [0.15, 0.2) is 54.6 Å². The molecule has 2 aromatic carbocycles. The van der Waals surface area contributed by atoms with Crippen molar-refractivity contribution in [1.29, 1.82) is 0 Å². The average molecular weight is 368 g/mol. The first-order chi connectivity index (χ1) is 13.0. The van der Waals surface area contributed by atoms with E-state index in [4.69, 9.17) is 9.47 Å². The standard InChI is InChI=1S/C21H24N2O4/c1-22(2)14-18-15-27-21(25)23(18)20(24)17-8-10-19(11-9-17)26-13-12-16-6-4-3-5-7-16/h3-11,18H,12-15H2,1-2H3/t18-/m1/s1. The summed E-state index contributed by atoms with van der Waals surface area (Å²) in [6.07, 6.45) is 0.225. The van der Waals surface area contributed by atoms with E-state index >= 15 is 0 Å². The number of imide groups is 1. The molecule has 1 heterocycles. The summed E-state index contributed by atoms with van der Waals surface area (Å²) in [5.74, 6) is 0.344. The van der Waals surface area contributed by atoms with Crippen LogP contribution in [0.2, 0.25) is 0 Å². The van der Waals surface area contributed by atoms with E-state index in [-0.39, 0.29) is 18.6 Å². The fourth-order valence-corrected chi connectivity index (χ4v) is 3.03. The summed E-state index contributed by atoms with van der Waals surface area (Å²) in [6, 6.07) is 16.7. The molecular weight excluding hydrogens is 344 g/mol. The molecule has 0 unspecified atom stereocenters. The minimum Gasteiger partial charge on any atom is -0.493 e. The third-order valence-electron chi connectivity index (χ3n) is 4.36. The van der Waals surface area contributed by atoms with Crippen molar-refractivity contribution in [2.45, 2.75) is 12.5 Å². The Kier molecular flexibility index (Phi) is 6.08. The zero-order valence-electron chi connectivity index (χ0n) is 15.6. The van der Waals surface area contributed by atoms with Crippen LogP contribution >= 0.6 is 0 Å². The van der Waals surface area contributed by atoms with Crippen LogP contribution in [0.1, 0.15) is 15.9 Å². The predicted octanol–water partition coefficient (Wildman–Crippen LogP) is 2.83. The second-order valence-corrected chi connectivity index (χ2v) is 6.78. The van der Waals surface area contributed by atoms with Gasteiger partial charge in [-0.3, -0.25) is 4.79 Å². The van der Waals surface area contributed by atoms with E-state index in [1.54, 1.807) is 24.3 Å². The third-order valence-corrected chi connectivity index (χ3v) is 4.36.